The Bertz CT molecular complexity index is 655. The van der Waals surface area contributed by atoms with Crippen molar-refractivity contribution < 1.29 is 4.79 Å². The fraction of sp³-hybridized carbons (Fsp3) is 0.312. The van der Waals surface area contributed by atoms with E-state index in [9.17, 15) is 4.79 Å². The lowest BCUT2D eigenvalue weighted by Crippen LogP contribution is -2.25. The third-order valence-corrected chi connectivity index (χ3v) is 5.47. The highest BCUT2D eigenvalue weighted by Gasteiger charge is 2.24. The fourth-order valence-corrected chi connectivity index (χ4v) is 4.03. The van der Waals surface area contributed by atoms with E-state index in [0.29, 0.717) is 6.42 Å². The molecule has 1 aliphatic heterocycles. The van der Waals surface area contributed by atoms with Crippen molar-refractivity contribution in [3.63, 3.8) is 0 Å². The van der Waals surface area contributed by atoms with Crippen molar-refractivity contribution in [2.45, 2.75) is 25.8 Å². The molecule has 21 heavy (non-hydrogen) atoms. The predicted octanol–water partition coefficient (Wildman–Crippen LogP) is 4.81. The molecule has 0 saturated carbocycles. The highest BCUT2D eigenvalue weighted by Crippen LogP contribution is 2.34. The second kappa shape index (κ2) is 6.20. The summed E-state index contributed by atoms with van der Waals surface area (Å²) < 4.78 is 1.13. The number of hydrogen-bond donors (Lipinski definition) is 1. The molecule has 1 aromatic carbocycles. The summed E-state index contributed by atoms with van der Waals surface area (Å²) >= 11 is 5.23. The maximum absolute atomic E-state index is 12.0. The maximum atomic E-state index is 12.0. The van der Waals surface area contributed by atoms with Crippen LogP contribution in [0.15, 0.2) is 40.2 Å². The van der Waals surface area contributed by atoms with Gasteiger partial charge in [-0.2, -0.15) is 0 Å². The van der Waals surface area contributed by atoms with E-state index in [1.54, 1.807) is 11.3 Å². The van der Waals surface area contributed by atoms with Crippen LogP contribution in [-0.4, -0.2) is 12.5 Å². The second-order valence-electron chi connectivity index (χ2n) is 5.17. The van der Waals surface area contributed by atoms with Crippen molar-refractivity contribution in [3.8, 4) is 0 Å². The average Bonchev–Trinajstić information content (AvgIpc) is 3.08. The van der Waals surface area contributed by atoms with Crippen molar-refractivity contribution in [2.24, 2.45) is 0 Å². The van der Waals surface area contributed by atoms with E-state index < -0.39 is 0 Å². The molecule has 1 saturated heterocycles. The zero-order chi connectivity index (χ0) is 14.8. The standard InChI is InChI=1S/C16H17BrN2OS/c1-11(14-8-9-15(17)21-14)18-12-5-2-3-6-13(12)19-10-4-7-16(19)20/h2-3,5-6,8-9,11,18H,4,7,10H2,1H3. The summed E-state index contributed by atoms with van der Waals surface area (Å²) in [5.41, 5.74) is 2.01. The van der Waals surface area contributed by atoms with E-state index in [0.717, 1.165) is 28.1 Å². The van der Waals surface area contributed by atoms with Gasteiger partial charge in [-0.05, 0) is 53.5 Å². The zero-order valence-corrected chi connectivity index (χ0v) is 14.2. The highest BCUT2D eigenvalue weighted by molar-refractivity contribution is 9.11. The van der Waals surface area contributed by atoms with Gasteiger partial charge in [-0.15, -0.1) is 11.3 Å². The minimum Gasteiger partial charge on any atom is -0.376 e. The van der Waals surface area contributed by atoms with E-state index >= 15 is 0 Å². The number of thiophene rings is 1. The first kappa shape index (κ1) is 14.6. The topological polar surface area (TPSA) is 32.3 Å². The van der Waals surface area contributed by atoms with Gasteiger partial charge in [0.05, 0.1) is 21.2 Å². The molecule has 0 spiro atoms. The molecule has 1 unspecified atom stereocenters. The molecule has 0 bridgehead atoms. The molecule has 110 valence electrons. The first-order chi connectivity index (χ1) is 10.1. The molecule has 1 aliphatic rings. The molecular formula is C16H17BrN2OS. The highest BCUT2D eigenvalue weighted by atomic mass is 79.9. The van der Waals surface area contributed by atoms with Crippen LogP contribution in [0, 0.1) is 0 Å². The Morgan fingerprint density at radius 3 is 2.76 bits per heavy atom. The summed E-state index contributed by atoms with van der Waals surface area (Å²) in [4.78, 5) is 15.1. The molecule has 2 heterocycles. The third kappa shape index (κ3) is 3.14. The molecule has 1 aromatic heterocycles. The minimum absolute atomic E-state index is 0.208. The van der Waals surface area contributed by atoms with Crippen molar-refractivity contribution in [2.75, 3.05) is 16.8 Å². The summed E-state index contributed by atoms with van der Waals surface area (Å²) in [6.45, 7) is 2.96. The van der Waals surface area contributed by atoms with Gasteiger partial charge in [0.25, 0.3) is 0 Å². The normalized spacial score (nSPS) is 16.3. The summed E-state index contributed by atoms with van der Waals surface area (Å²) in [6, 6.07) is 12.4. The lowest BCUT2D eigenvalue weighted by atomic mass is 10.2. The molecule has 0 aliphatic carbocycles. The molecule has 2 aromatic rings. The van der Waals surface area contributed by atoms with Gasteiger partial charge < -0.3 is 10.2 Å². The number of nitrogens with zero attached hydrogens (tertiary/aromatic N) is 1. The SMILES string of the molecule is CC(Nc1ccccc1N1CCCC1=O)c1ccc(Br)s1. The number of carbonyl (C=O) groups excluding carboxylic acids is 1. The average molecular weight is 365 g/mol. The van der Waals surface area contributed by atoms with Crippen LogP contribution in [0.2, 0.25) is 0 Å². The fourth-order valence-electron chi connectivity index (χ4n) is 2.60. The first-order valence-electron chi connectivity index (χ1n) is 7.06. The Morgan fingerprint density at radius 1 is 1.29 bits per heavy atom. The second-order valence-corrected chi connectivity index (χ2v) is 7.67. The predicted molar refractivity (Wildman–Crippen MR) is 92.1 cm³/mol. The molecule has 3 rings (SSSR count). The van der Waals surface area contributed by atoms with Gasteiger partial charge >= 0.3 is 0 Å². The number of nitrogens with one attached hydrogen (secondary N) is 1. The Morgan fingerprint density at radius 2 is 2.10 bits per heavy atom. The number of benzene rings is 1. The molecule has 5 heteroatoms. The molecule has 1 N–H and O–H groups in total. The van der Waals surface area contributed by atoms with Crippen molar-refractivity contribution >= 4 is 44.5 Å². The summed E-state index contributed by atoms with van der Waals surface area (Å²) in [7, 11) is 0. The van der Waals surface area contributed by atoms with Crippen LogP contribution in [0.25, 0.3) is 0 Å². The van der Waals surface area contributed by atoms with E-state index in [4.69, 9.17) is 0 Å². The lowest BCUT2D eigenvalue weighted by molar-refractivity contribution is -0.117. The number of carbonyl (C=O) groups is 1. The van der Waals surface area contributed by atoms with E-state index in [1.807, 2.05) is 29.2 Å². The molecule has 3 nitrogen and oxygen atoms in total. The number of halogens is 1. The van der Waals surface area contributed by atoms with E-state index in [2.05, 4.69) is 40.3 Å². The van der Waals surface area contributed by atoms with Crippen LogP contribution in [0.5, 0.6) is 0 Å². The van der Waals surface area contributed by atoms with Gasteiger partial charge in [0.1, 0.15) is 0 Å². The molecule has 1 amide bonds. The van der Waals surface area contributed by atoms with E-state index in [1.165, 1.54) is 4.88 Å². The van der Waals surface area contributed by atoms with E-state index in [-0.39, 0.29) is 11.9 Å². The number of para-hydroxylation sites is 2. The smallest absolute Gasteiger partial charge is 0.227 e. The van der Waals surface area contributed by atoms with Crippen molar-refractivity contribution in [1.82, 2.24) is 0 Å². The van der Waals surface area contributed by atoms with Crippen molar-refractivity contribution in [1.29, 1.82) is 0 Å². The van der Waals surface area contributed by atoms with Gasteiger partial charge in [-0.1, -0.05) is 12.1 Å². The quantitative estimate of drug-likeness (QED) is 0.843. The monoisotopic (exact) mass is 364 g/mol. The molecule has 0 radical (unpaired) electrons. The molecular weight excluding hydrogens is 348 g/mol. The maximum Gasteiger partial charge on any atom is 0.227 e. The largest absolute Gasteiger partial charge is 0.376 e. The summed E-state index contributed by atoms with van der Waals surface area (Å²) in [6.07, 6.45) is 1.60. The van der Waals surface area contributed by atoms with Gasteiger partial charge in [-0.3, -0.25) is 4.79 Å². The summed E-state index contributed by atoms with van der Waals surface area (Å²) in [5.74, 6) is 0.218. The Balaban J connectivity index is 1.84. The lowest BCUT2D eigenvalue weighted by Gasteiger charge is -2.22. The van der Waals surface area contributed by atoms with Crippen LogP contribution in [-0.2, 0) is 4.79 Å². The third-order valence-electron chi connectivity index (χ3n) is 3.66. The molecule has 1 fully saturated rings. The summed E-state index contributed by atoms with van der Waals surface area (Å²) in [5, 5.41) is 3.53. The first-order valence-corrected chi connectivity index (χ1v) is 8.67. The Labute approximate surface area is 137 Å². The number of amides is 1. The molecule has 1 atom stereocenters. The van der Waals surface area contributed by atoms with Crippen molar-refractivity contribution in [3.05, 3.63) is 45.1 Å². The number of anilines is 2. The number of rotatable bonds is 4. The van der Waals surface area contributed by atoms with Crippen LogP contribution >= 0.6 is 27.3 Å². The van der Waals surface area contributed by atoms with Crippen LogP contribution in [0.1, 0.15) is 30.7 Å². The zero-order valence-electron chi connectivity index (χ0n) is 11.8. The van der Waals surface area contributed by atoms with Gasteiger partial charge in [-0.25, -0.2) is 0 Å². The van der Waals surface area contributed by atoms with Crippen LogP contribution in [0.3, 0.4) is 0 Å². The van der Waals surface area contributed by atoms with Gasteiger partial charge in [0.2, 0.25) is 5.91 Å². The Kier molecular flexibility index (Phi) is 4.31. The number of hydrogen-bond acceptors (Lipinski definition) is 3. The minimum atomic E-state index is 0.208. The van der Waals surface area contributed by atoms with Gasteiger partial charge in [0, 0.05) is 17.8 Å². The Hall–Kier alpha value is -1.33. The van der Waals surface area contributed by atoms with Crippen LogP contribution < -0.4 is 10.2 Å². The van der Waals surface area contributed by atoms with Crippen LogP contribution in [0.4, 0.5) is 11.4 Å². The van der Waals surface area contributed by atoms with Gasteiger partial charge in [0.15, 0.2) is 0 Å².